The van der Waals surface area contributed by atoms with Crippen LogP contribution < -0.4 is 10.5 Å². The lowest BCUT2D eigenvalue weighted by Crippen LogP contribution is -2.29. The van der Waals surface area contributed by atoms with Crippen LogP contribution in [0.5, 0.6) is 0 Å². The van der Waals surface area contributed by atoms with Gasteiger partial charge < -0.3 is 9.88 Å². The number of hydrogen-bond acceptors (Lipinski definition) is 4. The van der Waals surface area contributed by atoms with Crippen molar-refractivity contribution in [3.05, 3.63) is 59.9 Å². The molecule has 0 spiro atoms. The van der Waals surface area contributed by atoms with E-state index in [0.717, 1.165) is 42.7 Å². The highest BCUT2D eigenvalue weighted by atomic mass is 32.2. The predicted molar refractivity (Wildman–Crippen MR) is 122 cm³/mol. The van der Waals surface area contributed by atoms with Crippen LogP contribution in [-0.4, -0.2) is 23.9 Å². The summed E-state index contributed by atoms with van der Waals surface area (Å²) in [5.74, 6) is 0.743. The summed E-state index contributed by atoms with van der Waals surface area (Å²) in [6.07, 6.45) is 3.52. The topological polar surface area (TPSA) is 107 Å². The Balaban J connectivity index is 1.77. The Hall–Kier alpha value is -2.71. The number of sulfonamides is 1. The number of nitrogens with zero attached hydrogens (tertiary/aromatic N) is 2. The van der Waals surface area contributed by atoms with Crippen LogP contribution in [0.3, 0.4) is 0 Å². The summed E-state index contributed by atoms with van der Waals surface area (Å²) < 4.78 is 25.4. The lowest BCUT2D eigenvalue weighted by Gasteiger charge is -2.18. The fraction of sp³-hybridized carbons (Fsp3) is 0.391. The molecule has 3 aromatic rings. The van der Waals surface area contributed by atoms with Crippen molar-refractivity contribution in [2.75, 3.05) is 0 Å². The highest BCUT2D eigenvalue weighted by molar-refractivity contribution is 7.89. The average Bonchev–Trinajstić information content (AvgIpc) is 3.09. The third-order valence-corrected chi connectivity index (χ3v) is 6.18. The lowest BCUT2D eigenvalue weighted by atomic mass is 10.0. The Kier molecular flexibility index (Phi) is 7.46. The Morgan fingerprint density at radius 2 is 1.87 bits per heavy atom. The van der Waals surface area contributed by atoms with Crippen molar-refractivity contribution >= 4 is 27.0 Å². The first-order chi connectivity index (χ1) is 14.8. The summed E-state index contributed by atoms with van der Waals surface area (Å²) in [5.41, 5.74) is 2.52. The first kappa shape index (κ1) is 23.0. The molecule has 0 radical (unpaired) electrons. The zero-order valence-corrected chi connectivity index (χ0v) is 18.9. The van der Waals surface area contributed by atoms with Crippen molar-refractivity contribution in [2.24, 2.45) is 5.14 Å². The number of fused-ring (bicyclic) bond motifs is 1. The fourth-order valence-electron chi connectivity index (χ4n) is 3.79. The molecule has 1 atom stereocenters. The van der Waals surface area contributed by atoms with Gasteiger partial charge in [0.25, 0.3) is 0 Å². The summed E-state index contributed by atoms with van der Waals surface area (Å²) in [6, 6.07) is 14.7. The monoisotopic (exact) mass is 442 g/mol. The Morgan fingerprint density at radius 1 is 1.13 bits per heavy atom. The predicted octanol–water partition coefficient (Wildman–Crippen LogP) is 3.68. The quantitative estimate of drug-likeness (QED) is 0.499. The molecular formula is C23H30N4O3S. The maximum Gasteiger partial charge on any atom is 0.238 e. The molecule has 0 bridgehead atoms. The molecule has 31 heavy (non-hydrogen) atoms. The van der Waals surface area contributed by atoms with Crippen molar-refractivity contribution in [3.8, 4) is 0 Å². The summed E-state index contributed by atoms with van der Waals surface area (Å²) in [6.45, 7) is 4.91. The molecule has 8 heteroatoms. The van der Waals surface area contributed by atoms with Crippen molar-refractivity contribution in [1.29, 1.82) is 0 Å². The Morgan fingerprint density at radius 3 is 2.52 bits per heavy atom. The summed E-state index contributed by atoms with van der Waals surface area (Å²) in [7, 11) is -3.79. The van der Waals surface area contributed by atoms with E-state index in [0.29, 0.717) is 18.4 Å². The summed E-state index contributed by atoms with van der Waals surface area (Å²) in [5, 5.41) is 8.40. The second-order valence-corrected chi connectivity index (χ2v) is 9.26. The van der Waals surface area contributed by atoms with Crippen LogP contribution >= 0.6 is 0 Å². The van der Waals surface area contributed by atoms with Gasteiger partial charge in [0.05, 0.1) is 22.0 Å². The third kappa shape index (κ3) is 5.71. The number of benzene rings is 2. The van der Waals surface area contributed by atoms with Crippen LogP contribution in [0, 0.1) is 0 Å². The van der Waals surface area contributed by atoms with E-state index < -0.39 is 10.0 Å². The smallest absolute Gasteiger partial charge is 0.238 e. The second-order valence-electron chi connectivity index (χ2n) is 7.69. The summed E-state index contributed by atoms with van der Waals surface area (Å²) >= 11 is 0. The van der Waals surface area contributed by atoms with Crippen LogP contribution in [-0.2, 0) is 27.8 Å². The van der Waals surface area contributed by atoms with Gasteiger partial charge in [-0.2, -0.15) is 0 Å². The molecule has 1 heterocycles. The van der Waals surface area contributed by atoms with Crippen molar-refractivity contribution in [2.45, 2.75) is 63.4 Å². The van der Waals surface area contributed by atoms with Gasteiger partial charge in [0, 0.05) is 19.4 Å². The largest absolute Gasteiger partial charge is 0.349 e. The van der Waals surface area contributed by atoms with E-state index in [4.69, 9.17) is 5.14 Å². The van der Waals surface area contributed by atoms with Crippen LogP contribution in [0.4, 0.5) is 0 Å². The third-order valence-electron chi connectivity index (χ3n) is 5.26. The second kappa shape index (κ2) is 10.1. The van der Waals surface area contributed by atoms with E-state index in [9.17, 15) is 13.2 Å². The number of hydrogen-bond donors (Lipinski definition) is 2. The zero-order chi connectivity index (χ0) is 22.4. The first-order valence-corrected chi connectivity index (χ1v) is 12.2. The van der Waals surface area contributed by atoms with E-state index in [-0.39, 0.29) is 16.8 Å². The minimum Gasteiger partial charge on any atom is -0.349 e. The maximum absolute atomic E-state index is 12.7. The van der Waals surface area contributed by atoms with E-state index in [1.807, 2.05) is 30.3 Å². The minimum atomic E-state index is -3.79. The van der Waals surface area contributed by atoms with Crippen LogP contribution in [0.2, 0.25) is 0 Å². The van der Waals surface area contributed by atoms with E-state index in [1.165, 1.54) is 12.1 Å². The molecule has 0 aliphatic carbocycles. The van der Waals surface area contributed by atoms with Crippen LogP contribution in [0.15, 0.2) is 53.4 Å². The van der Waals surface area contributed by atoms with Crippen molar-refractivity contribution in [1.82, 2.24) is 14.9 Å². The van der Waals surface area contributed by atoms with Gasteiger partial charge >= 0.3 is 0 Å². The number of amides is 1. The molecule has 0 aliphatic heterocycles. The molecule has 2 aromatic carbocycles. The molecule has 0 saturated heterocycles. The Labute approximate surface area is 183 Å². The molecule has 3 N–H and O–H groups in total. The van der Waals surface area contributed by atoms with Gasteiger partial charge in [-0.3, -0.25) is 4.79 Å². The van der Waals surface area contributed by atoms with Gasteiger partial charge in [0.1, 0.15) is 5.82 Å². The number of imidazole rings is 1. The molecule has 1 aromatic heterocycles. The fourth-order valence-corrected chi connectivity index (χ4v) is 4.32. The van der Waals surface area contributed by atoms with E-state index in [2.05, 4.69) is 28.7 Å². The van der Waals surface area contributed by atoms with Gasteiger partial charge in [-0.05, 0) is 36.6 Å². The highest BCUT2D eigenvalue weighted by Gasteiger charge is 2.17. The number of nitrogens with two attached hydrogens (primary N) is 1. The van der Waals surface area contributed by atoms with Gasteiger partial charge in [-0.25, -0.2) is 18.5 Å². The van der Waals surface area contributed by atoms with E-state index >= 15 is 0 Å². The molecule has 0 saturated carbocycles. The number of aryl methyl sites for hydroxylation is 2. The Bertz CT molecular complexity index is 1140. The normalized spacial score (nSPS) is 12.7. The van der Waals surface area contributed by atoms with Crippen molar-refractivity contribution < 1.29 is 13.2 Å². The highest BCUT2D eigenvalue weighted by Crippen LogP contribution is 2.22. The van der Waals surface area contributed by atoms with Gasteiger partial charge in [-0.1, -0.05) is 50.6 Å². The molecule has 1 unspecified atom stereocenters. The van der Waals surface area contributed by atoms with Crippen molar-refractivity contribution in [3.63, 3.8) is 0 Å². The number of carbonyl (C=O) groups excluding carboxylic acids is 1. The maximum atomic E-state index is 12.7. The number of rotatable bonds is 10. The molecule has 7 nitrogen and oxygen atoms in total. The molecule has 1 amide bonds. The minimum absolute atomic E-state index is 0.00882. The molecule has 0 fully saturated rings. The number of carbonyl (C=O) groups is 1. The van der Waals surface area contributed by atoms with Gasteiger partial charge in [0.15, 0.2) is 0 Å². The molecule has 0 aliphatic rings. The first-order valence-electron chi connectivity index (χ1n) is 10.7. The number of primary sulfonamides is 1. The number of nitrogens with one attached hydrogen (secondary N) is 1. The average molecular weight is 443 g/mol. The molecular weight excluding hydrogens is 412 g/mol. The van der Waals surface area contributed by atoms with Crippen LogP contribution in [0.25, 0.3) is 11.0 Å². The molecule has 166 valence electrons. The number of aromatic nitrogens is 2. The van der Waals surface area contributed by atoms with E-state index in [1.54, 1.807) is 6.07 Å². The zero-order valence-electron chi connectivity index (χ0n) is 18.0. The van der Waals surface area contributed by atoms with Crippen LogP contribution in [0.1, 0.15) is 57.0 Å². The van der Waals surface area contributed by atoms with Gasteiger partial charge in [0.2, 0.25) is 15.9 Å². The van der Waals surface area contributed by atoms with Gasteiger partial charge in [-0.15, -0.1) is 0 Å². The SMILES string of the molecule is CCCC(NC(=O)CCc1nc2cc(S(N)(=O)=O)ccc2n1CCC)c1ccccc1. The standard InChI is InChI=1S/C23H30N4O3S/c1-3-8-19(17-9-6-5-7-10-17)26-23(28)14-13-22-25-20-16-18(31(24,29)30)11-12-21(20)27(22)15-4-2/h5-7,9-12,16,19H,3-4,8,13-15H2,1-2H3,(H,26,28)(H2,24,29,30). The molecule has 3 rings (SSSR count). The summed E-state index contributed by atoms with van der Waals surface area (Å²) in [4.78, 5) is 17.4. The lowest BCUT2D eigenvalue weighted by molar-refractivity contribution is -0.121.